The Morgan fingerprint density at radius 1 is 1.15 bits per heavy atom. The number of nitrogens with zero attached hydrogens (tertiary/aromatic N) is 3. The zero-order valence-electron chi connectivity index (χ0n) is 16.6. The minimum atomic E-state index is -0.247. The molecule has 1 heterocycles. The van der Waals surface area contributed by atoms with E-state index in [2.05, 4.69) is 45.4 Å². The van der Waals surface area contributed by atoms with E-state index in [0.717, 1.165) is 30.0 Å². The first-order valence-electron chi connectivity index (χ1n) is 9.01. The number of anilines is 3. The standard InChI is InChI=1S/C20H29N5O/c1-7-25(8-2)15-9-10-16(14(3)13-15)22-18(26)17-11-12-21-19(23-17)24-20(4,5)6/h9-13H,7-8H2,1-6H3,(H,22,26)(H,21,23,24). The Morgan fingerprint density at radius 3 is 2.42 bits per heavy atom. The fourth-order valence-electron chi connectivity index (χ4n) is 2.64. The molecule has 0 unspecified atom stereocenters. The number of benzene rings is 1. The molecule has 0 saturated carbocycles. The Hall–Kier alpha value is -2.63. The molecule has 0 bridgehead atoms. The van der Waals surface area contributed by atoms with Gasteiger partial charge in [0.1, 0.15) is 5.69 Å². The largest absolute Gasteiger partial charge is 0.372 e. The van der Waals surface area contributed by atoms with Crippen LogP contribution in [0, 0.1) is 6.92 Å². The van der Waals surface area contributed by atoms with Gasteiger partial charge in [-0.1, -0.05) is 0 Å². The topological polar surface area (TPSA) is 70.2 Å². The summed E-state index contributed by atoms with van der Waals surface area (Å²) < 4.78 is 0. The third-order valence-corrected chi connectivity index (χ3v) is 3.96. The molecule has 1 aromatic carbocycles. The second-order valence-electron chi connectivity index (χ2n) is 7.27. The Kier molecular flexibility index (Phi) is 6.18. The second-order valence-corrected chi connectivity index (χ2v) is 7.27. The number of carbonyl (C=O) groups excluding carboxylic acids is 1. The molecule has 0 spiro atoms. The van der Waals surface area contributed by atoms with Crippen molar-refractivity contribution in [3.63, 3.8) is 0 Å². The van der Waals surface area contributed by atoms with Crippen molar-refractivity contribution >= 4 is 23.2 Å². The van der Waals surface area contributed by atoms with Crippen LogP contribution >= 0.6 is 0 Å². The number of amides is 1. The molecule has 0 saturated heterocycles. The molecule has 0 aliphatic heterocycles. The average molecular weight is 355 g/mol. The predicted molar refractivity (Wildman–Crippen MR) is 108 cm³/mol. The fourth-order valence-corrected chi connectivity index (χ4v) is 2.64. The first kappa shape index (κ1) is 19.7. The van der Waals surface area contributed by atoms with Gasteiger partial charge in [0, 0.05) is 36.2 Å². The summed E-state index contributed by atoms with van der Waals surface area (Å²) in [7, 11) is 0. The van der Waals surface area contributed by atoms with Crippen LogP contribution in [-0.4, -0.2) is 34.5 Å². The van der Waals surface area contributed by atoms with E-state index >= 15 is 0 Å². The zero-order valence-corrected chi connectivity index (χ0v) is 16.6. The van der Waals surface area contributed by atoms with Gasteiger partial charge in [-0.3, -0.25) is 4.79 Å². The Balaban J connectivity index is 2.16. The van der Waals surface area contributed by atoms with Crippen molar-refractivity contribution in [1.82, 2.24) is 9.97 Å². The first-order valence-corrected chi connectivity index (χ1v) is 9.01. The van der Waals surface area contributed by atoms with Crippen molar-refractivity contribution in [3.8, 4) is 0 Å². The zero-order chi connectivity index (χ0) is 19.3. The fraction of sp³-hybridized carbons (Fsp3) is 0.450. The third-order valence-electron chi connectivity index (χ3n) is 3.96. The first-order chi connectivity index (χ1) is 12.2. The molecule has 0 radical (unpaired) electrons. The lowest BCUT2D eigenvalue weighted by molar-refractivity contribution is 0.102. The van der Waals surface area contributed by atoms with Crippen LogP contribution in [0.3, 0.4) is 0 Å². The summed E-state index contributed by atoms with van der Waals surface area (Å²) in [5.41, 5.74) is 3.12. The van der Waals surface area contributed by atoms with Gasteiger partial charge in [-0.25, -0.2) is 9.97 Å². The summed E-state index contributed by atoms with van der Waals surface area (Å²) in [6.45, 7) is 14.2. The third kappa shape index (κ3) is 5.18. The highest BCUT2D eigenvalue weighted by molar-refractivity contribution is 6.03. The molecule has 2 rings (SSSR count). The van der Waals surface area contributed by atoms with Crippen LogP contribution in [0.25, 0.3) is 0 Å². The van der Waals surface area contributed by atoms with Crippen molar-refractivity contribution < 1.29 is 4.79 Å². The maximum Gasteiger partial charge on any atom is 0.274 e. The number of nitrogens with one attached hydrogen (secondary N) is 2. The van der Waals surface area contributed by atoms with E-state index in [1.165, 1.54) is 0 Å². The number of hydrogen-bond acceptors (Lipinski definition) is 5. The van der Waals surface area contributed by atoms with E-state index in [-0.39, 0.29) is 11.4 Å². The maximum absolute atomic E-state index is 12.6. The summed E-state index contributed by atoms with van der Waals surface area (Å²) in [6, 6.07) is 7.68. The molecule has 26 heavy (non-hydrogen) atoms. The molecule has 2 aromatic rings. The average Bonchev–Trinajstić information content (AvgIpc) is 2.57. The molecule has 6 heteroatoms. The van der Waals surface area contributed by atoms with Gasteiger partial charge >= 0.3 is 0 Å². The summed E-state index contributed by atoms with van der Waals surface area (Å²) in [4.78, 5) is 23.3. The molecule has 0 aliphatic rings. The summed E-state index contributed by atoms with van der Waals surface area (Å²) in [6.07, 6.45) is 1.59. The van der Waals surface area contributed by atoms with Gasteiger partial charge in [-0.15, -0.1) is 0 Å². The predicted octanol–water partition coefficient (Wildman–Crippen LogP) is 4.09. The van der Waals surface area contributed by atoms with Crippen LogP contribution in [0.4, 0.5) is 17.3 Å². The molecule has 1 aromatic heterocycles. The van der Waals surface area contributed by atoms with Gasteiger partial charge in [0.15, 0.2) is 0 Å². The van der Waals surface area contributed by atoms with Gasteiger partial charge in [0.05, 0.1) is 0 Å². The van der Waals surface area contributed by atoms with E-state index in [1.54, 1.807) is 12.3 Å². The molecule has 0 aliphatic carbocycles. The minimum Gasteiger partial charge on any atom is -0.372 e. The lowest BCUT2D eigenvalue weighted by atomic mass is 10.1. The van der Waals surface area contributed by atoms with Crippen molar-refractivity contribution in [3.05, 3.63) is 41.7 Å². The van der Waals surface area contributed by atoms with Crippen LogP contribution in [0.5, 0.6) is 0 Å². The van der Waals surface area contributed by atoms with Crippen LogP contribution < -0.4 is 15.5 Å². The number of hydrogen-bond donors (Lipinski definition) is 2. The SMILES string of the molecule is CCN(CC)c1ccc(NC(=O)c2ccnc(NC(C)(C)C)n2)c(C)c1. The van der Waals surface area contributed by atoms with E-state index in [4.69, 9.17) is 0 Å². The van der Waals surface area contributed by atoms with Gasteiger partial charge in [-0.05, 0) is 71.4 Å². The normalized spacial score (nSPS) is 11.2. The molecule has 6 nitrogen and oxygen atoms in total. The van der Waals surface area contributed by atoms with Crippen LogP contribution in [-0.2, 0) is 0 Å². The number of aromatic nitrogens is 2. The highest BCUT2D eigenvalue weighted by Crippen LogP contribution is 2.23. The molecular formula is C20H29N5O. The van der Waals surface area contributed by atoms with Crippen molar-refractivity contribution in [2.24, 2.45) is 0 Å². The van der Waals surface area contributed by atoms with Gasteiger partial charge < -0.3 is 15.5 Å². The van der Waals surface area contributed by atoms with E-state index in [9.17, 15) is 4.79 Å². The van der Waals surface area contributed by atoms with Crippen LogP contribution in [0.15, 0.2) is 30.5 Å². The van der Waals surface area contributed by atoms with Crippen LogP contribution in [0.1, 0.15) is 50.7 Å². The van der Waals surface area contributed by atoms with Crippen molar-refractivity contribution in [2.75, 3.05) is 28.6 Å². The van der Waals surface area contributed by atoms with Gasteiger partial charge in [0.2, 0.25) is 5.95 Å². The Morgan fingerprint density at radius 2 is 1.85 bits per heavy atom. The van der Waals surface area contributed by atoms with E-state index in [1.807, 2.05) is 39.8 Å². The molecule has 0 atom stereocenters. The van der Waals surface area contributed by atoms with E-state index in [0.29, 0.717) is 11.6 Å². The van der Waals surface area contributed by atoms with Gasteiger partial charge in [-0.2, -0.15) is 0 Å². The second kappa shape index (κ2) is 8.17. The summed E-state index contributed by atoms with van der Waals surface area (Å²) in [5.74, 6) is 0.196. The van der Waals surface area contributed by atoms with Crippen LogP contribution in [0.2, 0.25) is 0 Å². The molecule has 2 N–H and O–H groups in total. The molecular weight excluding hydrogens is 326 g/mol. The number of aryl methyl sites for hydroxylation is 1. The summed E-state index contributed by atoms with van der Waals surface area (Å²) in [5, 5.41) is 6.12. The number of carbonyl (C=O) groups is 1. The maximum atomic E-state index is 12.6. The van der Waals surface area contributed by atoms with E-state index < -0.39 is 0 Å². The smallest absolute Gasteiger partial charge is 0.274 e. The quantitative estimate of drug-likeness (QED) is 0.816. The Labute approximate surface area is 156 Å². The highest BCUT2D eigenvalue weighted by Gasteiger charge is 2.15. The summed E-state index contributed by atoms with van der Waals surface area (Å²) >= 11 is 0. The number of rotatable bonds is 6. The Bertz CT molecular complexity index is 763. The molecule has 140 valence electrons. The van der Waals surface area contributed by atoms with Gasteiger partial charge in [0.25, 0.3) is 5.91 Å². The lowest BCUT2D eigenvalue weighted by Crippen LogP contribution is -2.28. The lowest BCUT2D eigenvalue weighted by Gasteiger charge is -2.22. The van der Waals surface area contributed by atoms with Crippen molar-refractivity contribution in [1.29, 1.82) is 0 Å². The highest BCUT2D eigenvalue weighted by atomic mass is 16.1. The monoisotopic (exact) mass is 355 g/mol. The molecule has 1 amide bonds. The molecule has 0 fully saturated rings. The minimum absolute atomic E-state index is 0.175. The van der Waals surface area contributed by atoms with Crippen molar-refractivity contribution in [2.45, 2.75) is 47.1 Å².